The van der Waals surface area contributed by atoms with Crippen molar-refractivity contribution in [3.05, 3.63) is 58.5 Å². The van der Waals surface area contributed by atoms with Crippen LogP contribution in [0.4, 0.5) is 0 Å². The quantitative estimate of drug-likeness (QED) is 0.807. The van der Waals surface area contributed by atoms with Crippen LogP contribution in [-0.4, -0.2) is 12.1 Å². The molecular weight excluding hydrogens is 326 g/mol. The fraction of sp³-hybridized carbons (Fsp3) is 0.444. The van der Waals surface area contributed by atoms with E-state index in [1.807, 2.05) is 6.26 Å². The molecule has 1 N–H and O–H groups in total. The second kappa shape index (κ2) is 7.28. The summed E-state index contributed by atoms with van der Waals surface area (Å²) >= 11 is 3.55. The summed E-state index contributed by atoms with van der Waals surface area (Å²) in [7, 11) is 0. The molecule has 0 saturated carbocycles. The maximum Gasteiger partial charge on any atom is 0.0934 e. The number of halogens is 1. The van der Waals surface area contributed by atoms with Crippen molar-refractivity contribution in [3.63, 3.8) is 0 Å². The fourth-order valence-corrected chi connectivity index (χ4v) is 2.85. The van der Waals surface area contributed by atoms with Crippen LogP contribution in [0.15, 0.2) is 51.7 Å². The van der Waals surface area contributed by atoms with E-state index in [4.69, 9.17) is 4.42 Å². The smallest absolute Gasteiger partial charge is 0.0934 e. The second-order valence-corrected chi connectivity index (χ2v) is 7.58. The normalized spacial score (nSPS) is 13.3. The lowest BCUT2D eigenvalue weighted by Crippen LogP contribution is -2.40. The minimum Gasteiger partial charge on any atom is -0.472 e. The summed E-state index contributed by atoms with van der Waals surface area (Å²) in [5, 5.41) is 3.63. The molecule has 1 aromatic heterocycles. The van der Waals surface area contributed by atoms with Crippen LogP contribution in [-0.2, 0) is 12.8 Å². The highest BCUT2D eigenvalue weighted by Gasteiger charge is 2.16. The molecule has 2 nitrogen and oxygen atoms in total. The number of hydrogen-bond acceptors (Lipinski definition) is 2. The van der Waals surface area contributed by atoms with E-state index in [0.29, 0.717) is 5.92 Å². The molecule has 0 aliphatic rings. The average Bonchev–Trinajstić information content (AvgIpc) is 2.88. The Kier molecular flexibility index (Phi) is 5.65. The van der Waals surface area contributed by atoms with Gasteiger partial charge in [-0.05, 0) is 75.4 Å². The van der Waals surface area contributed by atoms with Gasteiger partial charge in [0.1, 0.15) is 0 Å². The summed E-state index contributed by atoms with van der Waals surface area (Å²) in [6.45, 7) is 7.63. The summed E-state index contributed by atoms with van der Waals surface area (Å²) in [5.41, 5.74) is 2.78. The van der Waals surface area contributed by atoms with E-state index in [0.717, 1.165) is 23.9 Å². The van der Waals surface area contributed by atoms with Gasteiger partial charge in [0.05, 0.1) is 12.5 Å². The van der Waals surface area contributed by atoms with E-state index in [-0.39, 0.29) is 5.54 Å². The number of rotatable bonds is 6. The minimum atomic E-state index is 0.145. The summed E-state index contributed by atoms with van der Waals surface area (Å²) in [6.07, 6.45) is 5.70. The Balaban J connectivity index is 2.03. The van der Waals surface area contributed by atoms with Crippen LogP contribution in [0.3, 0.4) is 0 Å². The van der Waals surface area contributed by atoms with E-state index in [1.54, 1.807) is 6.26 Å². The summed E-state index contributed by atoms with van der Waals surface area (Å²) in [4.78, 5) is 0. The first-order valence-electron chi connectivity index (χ1n) is 7.43. The van der Waals surface area contributed by atoms with Crippen LogP contribution in [0.5, 0.6) is 0 Å². The van der Waals surface area contributed by atoms with Gasteiger partial charge in [0.15, 0.2) is 0 Å². The maximum atomic E-state index is 5.20. The third-order valence-corrected chi connectivity index (χ3v) is 3.93. The predicted molar refractivity (Wildman–Crippen MR) is 91.5 cm³/mol. The Hall–Kier alpha value is -1.06. The number of hydrogen-bond donors (Lipinski definition) is 1. The molecule has 2 rings (SSSR count). The highest BCUT2D eigenvalue weighted by atomic mass is 79.9. The Bertz CT molecular complexity index is 543. The Morgan fingerprint density at radius 1 is 1.14 bits per heavy atom. The first-order chi connectivity index (χ1) is 9.92. The molecule has 2 aromatic rings. The SMILES string of the molecule is CC(C)(C)NCC(Cc1ccoc1)Cc1cccc(Br)c1. The van der Waals surface area contributed by atoms with Gasteiger partial charge in [-0.1, -0.05) is 28.1 Å². The molecule has 0 radical (unpaired) electrons. The van der Waals surface area contributed by atoms with Gasteiger partial charge in [0.2, 0.25) is 0 Å². The molecule has 21 heavy (non-hydrogen) atoms. The minimum absolute atomic E-state index is 0.145. The van der Waals surface area contributed by atoms with Crippen molar-refractivity contribution in [3.8, 4) is 0 Å². The molecule has 1 atom stereocenters. The Morgan fingerprint density at radius 2 is 1.90 bits per heavy atom. The van der Waals surface area contributed by atoms with Crippen LogP contribution in [0.2, 0.25) is 0 Å². The van der Waals surface area contributed by atoms with Gasteiger partial charge < -0.3 is 9.73 Å². The highest BCUT2D eigenvalue weighted by Crippen LogP contribution is 2.19. The lowest BCUT2D eigenvalue weighted by Gasteiger charge is -2.25. The zero-order valence-corrected chi connectivity index (χ0v) is 14.6. The molecule has 3 heteroatoms. The monoisotopic (exact) mass is 349 g/mol. The predicted octanol–water partition coefficient (Wildman–Crippen LogP) is 4.83. The van der Waals surface area contributed by atoms with E-state index in [9.17, 15) is 0 Å². The molecule has 1 unspecified atom stereocenters. The first kappa shape index (κ1) is 16.3. The standard InChI is InChI=1S/C18H24BrNO/c1-18(2,3)20-12-16(10-15-7-8-21-13-15)9-14-5-4-6-17(19)11-14/h4-8,11,13,16,20H,9-10,12H2,1-3H3. The lowest BCUT2D eigenvalue weighted by atomic mass is 9.92. The Labute approximate surface area is 136 Å². The molecule has 0 fully saturated rings. The maximum absolute atomic E-state index is 5.20. The average molecular weight is 350 g/mol. The third kappa shape index (κ3) is 6.06. The molecule has 0 spiro atoms. The molecule has 0 bridgehead atoms. The van der Waals surface area contributed by atoms with E-state index in [2.05, 4.69) is 72.3 Å². The zero-order valence-electron chi connectivity index (χ0n) is 13.0. The van der Waals surface area contributed by atoms with Crippen LogP contribution in [0.1, 0.15) is 31.9 Å². The molecule has 114 valence electrons. The van der Waals surface area contributed by atoms with Gasteiger partial charge in [-0.3, -0.25) is 0 Å². The molecule has 0 aliphatic heterocycles. The topological polar surface area (TPSA) is 25.2 Å². The molecule has 1 aromatic carbocycles. The fourth-order valence-electron chi connectivity index (χ4n) is 2.41. The second-order valence-electron chi connectivity index (χ2n) is 6.67. The molecule has 1 heterocycles. The summed E-state index contributed by atoms with van der Waals surface area (Å²) < 4.78 is 6.35. The molecule has 0 amide bonds. The van der Waals surface area contributed by atoms with Gasteiger partial charge in [0, 0.05) is 10.0 Å². The van der Waals surface area contributed by atoms with Gasteiger partial charge in [-0.15, -0.1) is 0 Å². The largest absolute Gasteiger partial charge is 0.472 e. The van der Waals surface area contributed by atoms with E-state index < -0.39 is 0 Å². The van der Waals surface area contributed by atoms with E-state index >= 15 is 0 Å². The molecular formula is C18H24BrNO. The van der Waals surface area contributed by atoms with Crippen LogP contribution in [0, 0.1) is 5.92 Å². The van der Waals surface area contributed by atoms with Crippen LogP contribution in [0.25, 0.3) is 0 Å². The van der Waals surface area contributed by atoms with Crippen molar-refractivity contribution >= 4 is 15.9 Å². The van der Waals surface area contributed by atoms with Crippen molar-refractivity contribution in [2.24, 2.45) is 5.92 Å². The van der Waals surface area contributed by atoms with E-state index in [1.165, 1.54) is 11.1 Å². The highest BCUT2D eigenvalue weighted by molar-refractivity contribution is 9.10. The van der Waals surface area contributed by atoms with Gasteiger partial charge in [0.25, 0.3) is 0 Å². The summed E-state index contributed by atoms with van der Waals surface area (Å²) in [5.74, 6) is 0.552. The number of benzene rings is 1. The van der Waals surface area contributed by atoms with Crippen molar-refractivity contribution in [1.29, 1.82) is 0 Å². The van der Waals surface area contributed by atoms with Crippen molar-refractivity contribution < 1.29 is 4.42 Å². The zero-order chi connectivity index (χ0) is 15.3. The van der Waals surface area contributed by atoms with Crippen molar-refractivity contribution in [2.75, 3.05) is 6.54 Å². The number of furan rings is 1. The first-order valence-corrected chi connectivity index (χ1v) is 8.22. The lowest BCUT2D eigenvalue weighted by molar-refractivity contribution is 0.366. The van der Waals surface area contributed by atoms with Crippen molar-refractivity contribution in [2.45, 2.75) is 39.2 Å². The van der Waals surface area contributed by atoms with Crippen molar-refractivity contribution in [1.82, 2.24) is 5.32 Å². The molecule has 0 aliphatic carbocycles. The third-order valence-electron chi connectivity index (χ3n) is 3.44. The van der Waals surface area contributed by atoms with Gasteiger partial charge in [-0.2, -0.15) is 0 Å². The summed E-state index contributed by atoms with van der Waals surface area (Å²) in [6, 6.07) is 10.6. The van der Waals surface area contributed by atoms with Gasteiger partial charge >= 0.3 is 0 Å². The Morgan fingerprint density at radius 3 is 2.52 bits per heavy atom. The van der Waals surface area contributed by atoms with Gasteiger partial charge in [-0.25, -0.2) is 0 Å². The number of nitrogens with one attached hydrogen (secondary N) is 1. The van der Waals surface area contributed by atoms with Crippen LogP contribution >= 0.6 is 15.9 Å². The molecule has 0 saturated heterocycles. The van der Waals surface area contributed by atoms with Crippen LogP contribution < -0.4 is 5.32 Å².